The highest BCUT2D eigenvalue weighted by atomic mass is 16.4. The Kier molecular flexibility index (Phi) is 3.61. The van der Waals surface area contributed by atoms with Gasteiger partial charge < -0.3 is 25.5 Å². The monoisotopic (exact) mass is 329 g/mol. The van der Waals surface area contributed by atoms with E-state index in [1.807, 2.05) is 0 Å². The van der Waals surface area contributed by atoms with Gasteiger partial charge in [0.1, 0.15) is 0 Å². The molecule has 0 atom stereocenters. The van der Waals surface area contributed by atoms with Crippen LogP contribution < -0.4 is 0 Å². The number of carbonyl (C=O) groups is 1. The molecule has 0 saturated heterocycles. The van der Waals surface area contributed by atoms with Gasteiger partial charge in [-0.2, -0.15) is 4.42 Å². The number of carboxylic acids is 1. The number of hydrogen-bond donors (Lipinski definition) is 5. The lowest BCUT2D eigenvalue weighted by atomic mass is 10.00. The van der Waals surface area contributed by atoms with Crippen molar-refractivity contribution in [2.75, 3.05) is 0 Å². The third-order valence-electron chi connectivity index (χ3n) is 3.66. The van der Waals surface area contributed by atoms with Crippen LogP contribution >= 0.6 is 0 Å². The summed E-state index contributed by atoms with van der Waals surface area (Å²) in [4.78, 5) is 10.7. The van der Waals surface area contributed by atoms with Gasteiger partial charge in [-0.25, -0.2) is 4.79 Å². The molecule has 1 aromatic heterocycles. The minimum absolute atomic E-state index is 0.0814. The van der Waals surface area contributed by atoms with Crippen LogP contribution in [0.3, 0.4) is 0 Å². The van der Waals surface area contributed by atoms with Crippen molar-refractivity contribution in [3.05, 3.63) is 42.0 Å². The number of hydrogen-bond acceptors (Lipinski definition) is 5. The maximum Gasteiger partial charge on any atom is 0.406 e. The van der Waals surface area contributed by atoms with Crippen LogP contribution in [0.4, 0.5) is 0 Å². The van der Waals surface area contributed by atoms with Gasteiger partial charge in [-0.15, -0.1) is 0 Å². The van der Waals surface area contributed by atoms with Crippen LogP contribution in [0.2, 0.25) is 0 Å². The number of phenolic OH excluding ortho intramolecular Hbond substituents is 4. The molecular formula is C17H13O7+. The Hall–Kier alpha value is -3.48. The molecule has 0 aliphatic rings. The second kappa shape index (κ2) is 5.62. The molecule has 3 aromatic rings. The van der Waals surface area contributed by atoms with Crippen LogP contribution in [-0.2, 0) is 11.2 Å². The molecule has 7 heteroatoms. The first-order valence-electron chi connectivity index (χ1n) is 6.94. The Balaban J connectivity index is 2.40. The number of fused-ring (bicyclic) bond motifs is 2. The molecule has 3 rings (SSSR count). The minimum atomic E-state index is -1.11. The number of phenols is 4. The summed E-state index contributed by atoms with van der Waals surface area (Å²) in [5, 5.41) is 48.9. The quantitative estimate of drug-likeness (QED) is 0.216. The van der Waals surface area contributed by atoms with Gasteiger partial charge in [0.05, 0.1) is 10.8 Å². The molecule has 0 saturated carbocycles. The lowest BCUT2D eigenvalue weighted by Gasteiger charge is -2.05. The Morgan fingerprint density at radius 1 is 0.917 bits per heavy atom. The zero-order chi connectivity index (χ0) is 17.4. The topological polar surface area (TPSA) is 130 Å². The molecule has 2 aromatic carbocycles. The van der Waals surface area contributed by atoms with Gasteiger partial charge in [0.25, 0.3) is 11.5 Å². The lowest BCUT2D eigenvalue weighted by Crippen LogP contribution is -1.92. The summed E-state index contributed by atoms with van der Waals surface area (Å²) in [6.45, 7) is 0. The van der Waals surface area contributed by atoms with Gasteiger partial charge in [0.2, 0.25) is 0 Å². The van der Waals surface area contributed by atoms with E-state index < -0.39 is 29.0 Å². The van der Waals surface area contributed by atoms with Crippen molar-refractivity contribution in [1.29, 1.82) is 0 Å². The number of benzene rings is 2. The first kappa shape index (κ1) is 15.4. The SMILES string of the molecule is O=C(O)/C=C/Cc1c2ccc(O)c(O)c2[o+]c2c(O)c(O)ccc12. The number of carboxylic acid groups (broad SMARTS) is 1. The molecule has 0 aliphatic heterocycles. The molecule has 0 unspecified atom stereocenters. The Morgan fingerprint density at radius 3 is 1.88 bits per heavy atom. The van der Waals surface area contributed by atoms with E-state index in [-0.39, 0.29) is 17.6 Å². The summed E-state index contributed by atoms with van der Waals surface area (Å²) in [6, 6.07) is 5.59. The number of allylic oxidation sites excluding steroid dienone is 1. The summed E-state index contributed by atoms with van der Waals surface area (Å²) in [5.74, 6) is -2.94. The van der Waals surface area contributed by atoms with Crippen molar-refractivity contribution in [3.8, 4) is 23.0 Å². The van der Waals surface area contributed by atoms with Crippen molar-refractivity contribution in [2.24, 2.45) is 0 Å². The zero-order valence-corrected chi connectivity index (χ0v) is 12.2. The maximum absolute atomic E-state index is 10.7. The van der Waals surface area contributed by atoms with Crippen molar-refractivity contribution in [1.82, 2.24) is 0 Å². The van der Waals surface area contributed by atoms with E-state index in [1.54, 1.807) is 0 Å². The van der Waals surface area contributed by atoms with Crippen molar-refractivity contribution < 1.29 is 34.7 Å². The van der Waals surface area contributed by atoms with Crippen LogP contribution in [0.25, 0.3) is 21.9 Å². The summed E-state index contributed by atoms with van der Waals surface area (Å²) in [5.41, 5.74) is 0.401. The number of aromatic hydroxyl groups is 4. The molecule has 1 heterocycles. The van der Waals surface area contributed by atoms with Crippen molar-refractivity contribution in [3.63, 3.8) is 0 Å². The molecule has 7 nitrogen and oxygen atoms in total. The molecule has 5 N–H and O–H groups in total. The number of aliphatic carboxylic acids is 1. The van der Waals surface area contributed by atoms with Gasteiger partial charge >= 0.3 is 17.1 Å². The van der Waals surface area contributed by atoms with Crippen molar-refractivity contribution >= 4 is 27.9 Å². The molecule has 0 bridgehead atoms. The summed E-state index contributed by atoms with van der Waals surface area (Å²) in [6.07, 6.45) is 2.55. The van der Waals surface area contributed by atoms with Crippen LogP contribution in [-0.4, -0.2) is 31.5 Å². The van der Waals surface area contributed by atoms with E-state index >= 15 is 0 Å². The van der Waals surface area contributed by atoms with Gasteiger partial charge in [-0.3, -0.25) is 0 Å². The summed E-state index contributed by atoms with van der Waals surface area (Å²) >= 11 is 0. The second-order valence-electron chi connectivity index (χ2n) is 5.15. The maximum atomic E-state index is 10.7. The van der Waals surface area contributed by atoms with E-state index in [9.17, 15) is 25.2 Å². The Bertz CT molecular complexity index is 939. The smallest absolute Gasteiger partial charge is 0.406 e. The molecule has 122 valence electrons. The predicted octanol–water partition coefficient (Wildman–Crippen LogP) is 2.87. The molecule has 24 heavy (non-hydrogen) atoms. The standard InChI is InChI=1S/C17H12O7/c18-11-6-4-9-8(2-1-3-13(20)21)10-5-7-12(19)15(23)17(10)24-16(9)14(11)22/h1,3-7H,2H2,(H4-,18,19,20,21,22,23)/p+1/b3-1+. The third kappa shape index (κ3) is 2.41. The molecule has 0 spiro atoms. The minimum Gasteiger partial charge on any atom is -0.504 e. The highest BCUT2D eigenvalue weighted by molar-refractivity contribution is 6.00. The van der Waals surface area contributed by atoms with E-state index in [0.717, 1.165) is 6.08 Å². The van der Waals surface area contributed by atoms with Crippen LogP contribution in [0.15, 0.2) is 40.8 Å². The van der Waals surface area contributed by atoms with Crippen LogP contribution in [0.1, 0.15) is 5.56 Å². The third-order valence-corrected chi connectivity index (χ3v) is 3.66. The van der Waals surface area contributed by atoms with E-state index in [1.165, 1.54) is 30.3 Å². The van der Waals surface area contributed by atoms with Crippen molar-refractivity contribution in [2.45, 2.75) is 6.42 Å². The average molecular weight is 329 g/mol. The molecule has 0 radical (unpaired) electrons. The fraction of sp³-hybridized carbons (Fsp3) is 0.0588. The van der Waals surface area contributed by atoms with Crippen LogP contribution in [0.5, 0.6) is 23.0 Å². The number of rotatable bonds is 3. The van der Waals surface area contributed by atoms with E-state index in [2.05, 4.69) is 0 Å². The zero-order valence-electron chi connectivity index (χ0n) is 12.2. The molecular weight excluding hydrogens is 316 g/mol. The Labute approximate surface area is 135 Å². The van der Waals surface area contributed by atoms with E-state index in [0.29, 0.717) is 16.3 Å². The highest BCUT2D eigenvalue weighted by Crippen LogP contribution is 2.43. The lowest BCUT2D eigenvalue weighted by molar-refractivity contribution is -0.131. The summed E-state index contributed by atoms with van der Waals surface area (Å²) < 4.78 is 5.48. The highest BCUT2D eigenvalue weighted by Gasteiger charge is 2.27. The van der Waals surface area contributed by atoms with E-state index in [4.69, 9.17) is 9.52 Å². The average Bonchev–Trinajstić information content (AvgIpc) is 2.54. The molecule has 0 aliphatic carbocycles. The van der Waals surface area contributed by atoms with Gasteiger partial charge in [0.15, 0.2) is 11.5 Å². The first-order chi connectivity index (χ1) is 11.4. The largest absolute Gasteiger partial charge is 0.504 e. The fourth-order valence-corrected chi connectivity index (χ4v) is 2.55. The first-order valence-corrected chi connectivity index (χ1v) is 6.94. The normalized spacial score (nSPS) is 11.5. The second-order valence-corrected chi connectivity index (χ2v) is 5.15. The Morgan fingerprint density at radius 2 is 1.42 bits per heavy atom. The predicted molar refractivity (Wildman–Crippen MR) is 85.3 cm³/mol. The van der Waals surface area contributed by atoms with Gasteiger partial charge in [-0.1, -0.05) is 6.08 Å². The summed E-state index contributed by atoms with van der Waals surface area (Å²) in [7, 11) is 0. The van der Waals surface area contributed by atoms with Crippen LogP contribution in [0, 0.1) is 0 Å². The fourth-order valence-electron chi connectivity index (χ4n) is 2.55. The van der Waals surface area contributed by atoms with Gasteiger partial charge in [0, 0.05) is 6.08 Å². The van der Waals surface area contributed by atoms with Gasteiger partial charge in [-0.05, 0) is 36.2 Å². The molecule has 0 fully saturated rings. The molecule has 0 amide bonds.